The van der Waals surface area contributed by atoms with E-state index < -0.39 is 0 Å². The van der Waals surface area contributed by atoms with Crippen molar-refractivity contribution in [2.75, 3.05) is 6.61 Å². The van der Waals surface area contributed by atoms with Gasteiger partial charge in [-0.15, -0.1) is 0 Å². The van der Waals surface area contributed by atoms with Gasteiger partial charge in [0.15, 0.2) is 0 Å². The Balaban J connectivity index is 1.60. The van der Waals surface area contributed by atoms with Crippen LogP contribution in [0.2, 0.25) is 0 Å². The second-order valence-corrected chi connectivity index (χ2v) is 7.33. The summed E-state index contributed by atoms with van der Waals surface area (Å²) in [6.07, 6.45) is 10.7. The van der Waals surface area contributed by atoms with E-state index in [4.69, 9.17) is 4.74 Å². The van der Waals surface area contributed by atoms with Gasteiger partial charge in [-0.1, -0.05) is 0 Å². The lowest BCUT2D eigenvalue weighted by atomic mass is 9.48. The predicted octanol–water partition coefficient (Wildman–Crippen LogP) is 3.38. The average molecular weight is 206 g/mol. The van der Waals surface area contributed by atoms with Crippen molar-refractivity contribution in [2.24, 2.45) is 23.2 Å². The Morgan fingerprint density at radius 1 is 1.00 bits per heavy atom. The zero-order chi connectivity index (χ0) is 10.1. The number of rotatable bonds is 2. The summed E-state index contributed by atoms with van der Waals surface area (Å²) < 4.78 is 5.64. The highest BCUT2D eigenvalue weighted by molar-refractivity contribution is 5.05. The Hall–Kier alpha value is -0.0400. The monoisotopic (exact) mass is 206 g/mol. The molecule has 1 aliphatic heterocycles. The molecule has 1 saturated heterocycles. The minimum atomic E-state index is 0.297. The van der Waals surface area contributed by atoms with E-state index in [1.807, 2.05) is 0 Å². The molecule has 0 aromatic carbocycles. The third kappa shape index (κ3) is 1.39. The minimum absolute atomic E-state index is 0.297. The number of hydrogen-bond acceptors (Lipinski definition) is 1. The van der Waals surface area contributed by atoms with Crippen LogP contribution in [0.5, 0.6) is 0 Å². The molecule has 1 unspecified atom stereocenters. The van der Waals surface area contributed by atoms with Gasteiger partial charge < -0.3 is 4.74 Å². The smallest absolute Gasteiger partial charge is 0.0893 e. The molecule has 4 aliphatic carbocycles. The van der Waals surface area contributed by atoms with Crippen LogP contribution in [0.4, 0.5) is 0 Å². The standard InChI is InChI=1S/C14H22O/c1-13(9-15-13)8-14-5-10-2-11(6-14)4-12(3-10)7-14/h10-12H,2-9H2,1H3. The minimum Gasteiger partial charge on any atom is -0.370 e. The molecule has 0 spiro atoms. The van der Waals surface area contributed by atoms with Crippen LogP contribution in [0.15, 0.2) is 0 Å². The van der Waals surface area contributed by atoms with Crippen LogP contribution in [0, 0.1) is 23.2 Å². The summed E-state index contributed by atoms with van der Waals surface area (Å²) in [5.41, 5.74) is 1.02. The van der Waals surface area contributed by atoms with Gasteiger partial charge in [0.25, 0.3) is 0 Å². The fourth-order valence-electron chi connectivity index (χ4n) is 5.53. The summed E-state index contributed by atoms with van der Waals surface area (Å²) in [6.45, 7) is 3.36. The van der Waals surface area contributed by atoms with Crippen LogP contribution in [0.3, 0.4) is 0 Å². The van der Waals surface area contributed by atoms with Crippen molar-refractivity contribution in [2.45, 2.75) is 57.5 Å². The summed E-state index contributed by atoms with van der Waals surface area (Å²) in [7, 11) is 0. The molecule has 0 aromatic rings. The van der Waals surface area contributed by atoms with Gasteiger partial charge in [-0.3, -0.25) is 0 Å². The van der Waals surface area contributed by atoms with Crippen molar-refractivity contribution in [1.29, 1.82) is 0 Å². The van der Waals surface area contributed by atoms with E-state index in [2.05, 4.69) is 6.92 Å². The molecule has 0 aromatic heterocycles. The van der Waals surface area contributed by atoms with Crippen molar-refractivity contribution in [3.63, 3.8) is 0 Å². The first-order chi connectivity index (χ1) is 7.15. The molecule has 5 rings (SSSR count). The number of epoxide rings is 1. The number of hydrogen-bond donors (Lipinski definition) is 0. The van der Waals surface area contributed by atoms with Crippen molar-refractivity contribution in [3.8, 4) is 0 Å². The Labute approximate surface area is 92.6 Å². The largest absolute Gasteiger partial charge is 0.370 e. The molecule has 84 valence electrons. The van der Waals surface area contributed by atoms with E-state index >= 15 is 0 Å². The van der Waals surface area contributed by atoms with Crippen LogP contribution in [-0.2, 0) is 4.74 Å². The molecule has 1 heterocycles. The molecule has 5 aliphatic rings. The van der Waals surface area contributed by atoms with E-state index in [9.17, 15) is 0 Å². The molecule has 4 saturated carbocycles. The van der Waals surface area contributed by atoms with Gasteiger partial charge in [0, 0.05) is 0 Å². The highest BCUT2D eigenvalue weighted by Gasteiger charge is 2.55. The van der Waals surface area contributed by atoms with E-state index in [-0.39, 0.29) is 0 Å². The molecule has 1 atom stereocenters. The molecule has 0 amide bonds. The molecule has 1 nitrogen and oxygen atoms in total. The van der Waals surface area contributed by atoms with Crippen molar-refractivity contribution >= 4 is 0 Å². The Kier molecular flexibility index (Phi) is 1.57. The third-order valence-electron chi connectivity index (χ3n) is 5.55. The van der Waals surface area contributed by atoms with E-state index in [1.165, 1.54) is 6.42 Å². The normalized spacial score (nSPS) is 61.0. The van der Waals surface area contributed by atoms with Crippen molar-refractivity contribution < 1.29 is 4.74 Å². The van der Waals surface area contributed by atoms with Crippen LogP contribution in [0.25, 0.3) is 0 Å². The van der Waals surface area contributed by atoms with Crippen LogP contribution >= 0.6 is 0 Å². The number of ether oxygens (including phenoxy) is 1. The third-order valence-corrected chi connectivity index (χ3v) is 5.55. The van der Waals surface area contributed by atoms with E-state index in [0.717, 1.165) is 29.8 Å². The maximum Gasteiger partial charge on any atom is 0.0893 e. The SMILES string of the molecule is CC1(CC23CC4CC(CC(C4)C2)C3)CO1. The quantitative estimate of drug-likeness (QED) is 0.631. The Morgan fingerprint density at radius 3 is 1.87 bits per heavy atom. The summed E-state index contributed by atoms with van der Waals surface area (Å²) in [6, 6.07) is 0. The lowest BCUT2D eigenvalue weighted by Gasteiger charge is -2.57. The summed E-state index contributed by atoms with van der Waals surface area (Å²) in [5.74, 6) is 3.29. The Morgan fingerprint density at radius 2 is 1.47 bits per heavy atom. The summed E-state index contributed by atoms with van der Waals surface area (Å²) in [5, 5.41) is 0. The second-order valence-electron chi connectivity index (χ2n) is 7.33. The van der Waals surface area contributed by atoms with Gasteiger partial charge in [0.2, 0.25) is 0 Å². The predicted molar refractivity (Wildman–Crippen MR) is 59.6 cm³/mol. The molecule has 1 heteroatoms. The van der Waals surface area contributed by atoms with Crippen LogP contribution < -0.4 is 0 Å². The second kappa shape index (κ2) is 2.61. The maximum absolute atomic E-state index is 5.64. The van der Waals surface area contributed by atoms with Gasteiger partial charge in [-0.05, 0) is 75.0 Å². The maximum atomic E-state index is 5.64. The average Bonchev–Trinajstić information content (AvgIpc) is 2.78. The van der Waals surface area contributed by atoms with Gasteiger partial charge in [-0.2, -0.15) is 0 Å². The van der Waals surface area contributed by atoms with Crippen molar-refractivity contribution in [1.82, 2.24) is 0 Å². The molecule has 0 N–H and O–H groups in total. The fraction of sp³-hybridized carbons (Fsp3) is 1.00. The summed E-state index contributed by atoms with van der Waals surface area (Å²) >= 11 is 0. The molecule has 5 fully saturated rings. The first kappa shape index (κ1) is 9.04. The summed E-state index contributed by atoms with van der Waals surface area (Å²) in [4.78, 5) is 0. The Bertz CT molecular complexity index is 254. The van der Waals surface area contributed by atoms with Gasteiger partial charge in [0.05, 0.1) is 12.2 Å². The first-order valence-corrected chi connectivity index (χ1v) is 6.79. The highest BCUT2D eigenvalue weighted by atomic mass is 16.6. The van der Waals surface area contributed by atoms with Crippen molar-refractivity contribution in [3.05, 3.63) is 0 Å². The highest BCUT2D eigenvalue weighted by Crippen LogP contribution is 2.63. The molecule has 15 heavy (non-hydrogen) atoms. The lowest BCUT2D eigenvalue weighted by Crippen LogP contribution is -2.47. The van der Waals surface area contributed by atoms with Crippen LogP contribution in [-0.4, -0.2) is 12.2 Å². The fourth-order valence-corrected chi connectivity index (χ4v) is 5.53. The molecule has 0 radical (unpaired) electrons. The van der Waals surface area contributed by atoms with Crippen LogP contribution in [0.1, 0.15) is 51.9 Å². The topological polar surface area (TPSA) is 12.5 Å². The molecular weight excluding hydrogens is 184 g/mol. The zero-order valence-electron chi connectivity index (χ0n) is 9.80. The first-order valence-electron chi connectivity index (χ1n) is 6.79. The lowest BCUT2D eigenvalue weighted by molar-refractivity contribution is -0.0668. The zero-order valence-corrected chi connectivity index (χ0v) is 9.80. The van der Waals surface area contributed by atoms with E-state index in [0.29, 0.717) is 5.60 Å². The van der Waals surface area contributed by atoms with Gasteiger partial charge >= 0.3 is 0 Å². The van der Waals surface area contributed by atoms with Gasteiger partial charge in [-0.25, -0.2) is 0 Å². The molecular formula is C14H22O. The molecule has 4 bridgehead atoms. The van der Waals surface area contributed by atoms with Gasteiger partial charge in [0.1, 0.15) is 0 Å². The van der Waals surface area contributed by atoms with E-state index in [1.54, 1.807) is 38.5 Å².